The Kier molecular flexibility index (Phi) is 6.80. The van der Waals surface area contributed by atoms with Crippen molar-refractivity contribution in [2.75, 3.05) is 23.3 Å². The first-order chi connectivity index (χ1) is 13.1. The lowest BCUT2D eigenvalue weighted by Gasteiger charge is -2.24. The predicted molar refractivity (Wildman–Crippen MR) is 108 cm³/mol. The smallest absolute Gasteiger partial charge is 0.326 e. The average molecular weight is 404 g/mol. The Balaban J connectivity index is 2.43. The Labute approximate surface area is 165 Å². The van der Waals surface area contributed by atoms with Crippen LogP contribution < -0.4 is 9.62 Å². The summed E-state index contributed by atoms with van der Waals surface area (Å²) in [6, 6.07) is 12.8. The van der Waals surface area contributed by atoms with E-state index in [1.807, 2.05) is 26.0 Å². The summed E-state index contributed by atoms with van der Waals surface area (Å²) < 4.78 is 32.0. The van der Waals surface area contributed by atoms with Crippen LogP contribution in [0.5, 0.6) is 0 Å². The molecule has 0 aliphatic heterocycles. The molecule has 1 N–H and O–H groups in total. The van der Waals surface area contributed by atoms with Crippen molar-refractivity contribution in [1.29, 1.82) is 0 Å². The van der Waals surface area contributed by atoms with Gasteiger partial charge in [0.05, 0.1) is 17.7 Å². The summed E-state index contributed by atoms with van der Waals surface area (Å²) in [5.41, 5.74) is 1.90. The Bertz CT molecular complexity index is 936. The summed E-state index contributed by atoms with van der Waals surface area (Å²) in [5, 5.41) is 2.58. The van der Waals surface area contributed by atoms with Crippen LogP contribution in [0, 0.1) is 0 Å². The fourth-order valence-electron chi connectivity index (χ4n) is 2.56. The number of hydrogen-bond acceptors (Lipinski definition) is 5. The van der Waals surface area contributed by atoms with Crippen LogP contribution in [-0.4, -0.2) is 33.9 Å². The molecule has 0 saturated carbocycles. The Morgan fingerprint density at radius 1 is 1.04 bits per heavy atom. The number of anilines is 2. The normalized spacial score (nSPS) is 11.2. The average Bonchev–Trinajstić information content (AvgIpc) is 2.65. The zero-order valence-corrected chi connectivity index (χ0v) is 17.1. The molecule has 28 heavy (non-hydrogen) atoms. The molecule has 0 spiro atoms. The van der Waals surface area contributed by atoms with Crippen molar-refractivity contribution >= 4 is 33.3 Å². The molecular formula is C20H24N2O5S. The van der Waals surface area contributed by atoms with Crippen molar-refractivity contribution < 1.29 is 22.7 Å². The van der Waals surface area contributed by atoms with Crippen LogP contribution in [0.1, 0.15) is 32.3 Å². The van der Waals surface area contributed by atoms with E-state index in [0.717, 1.165) is 9.87 Å². The summed E-state index contributed by atoms with van der Waals surface area (Å²) in [7, 11) is -2.81. The molecule has 150 valence electrons. The largest absolute Gasteiger partial charge is 0.468 e. The molecule has 1 amide bonds. The molecule has 0 heterocycles. The maximum Gasteiger partial charge on any atom is 0.326 e. The number of ether oxygens (including phenoxy) is 1. The highest BCUT2D eigenvalue weighted by Crippen LogP contribution is 2.26. The topological polar surface area (TPSA) is 92.8 Å². The van der Waals surface area contributed by atoms with Crippen LogP contribution in [0.3, 0.4) is 0 Å². The van der Waals surface area contributed by atoms with Gasteiger partial charge < -0.3 is 10.1 Å². The number of nitrogens with one attached hydrogen (secondary N) is 1. The number of nitrogens with zero attached hydrogens (tertiary/aromatic N) is 1. The lowest BCUT2D eigenvalue weighted by Crippen LogP contribution is -2.36. The number of esters is 1. The number of hydrogen-bond donors (Lipinski definition) is 1. The van der Waals surface area contributed by atoms with E-state index in [1.165, 1.54) is 38.3 Å². The summed E-state index contributed by atoms with van der Waals surface area (Å²) in [4.78, 5) is 23.0. The highest BCUT2D eigenvalue weighted by Gasteiger charge is 2.27. The number of benzene rings is 2. The van der Waals surface area contributed by atoms with Gasteiger partial charge in [-0.2, -0.15) is 0 Å². The number of rotatable bonds is 7. The number of sulfonamides is 1. The van der Waals surface area contributed by atoms with Gasteiger partial charge in [0.2, 0.25) is 5.91 Å². The molecular weight excluding hydrogens is 380 g/mol. The standard InChI is InChI=1S/C20H24N2O5S/c1-14(2)16-5-9-18(10-6-16)22(13-20(24)27-4)28(25,26)19-11-7-17(8-12-19)21-15(3)23/h5-12,14H,13H2,1-4H3,(H,21,23). The number of amides is 1. The van der Waals surface area contributed by atoms with E-state index in [0.29, 0.717) is 17.3 Å². The summed E-state index contributed by atoms with van der Waals surface area (Å²) >= 11 is 0. The highest BCUT2D eigenvalue weighted by atomic mass is 32.2. The van der Waals surface area contributed by atoms with Gasteiger partial charge >= 0.3 is 5.97 Å². The third-order valence-electron chi connectivity index (χ3n) is 4.11. The quantitative estimate of drug-likeness (QED) is 0.716. The van der Waals surface area contributed by atoms with Crippen LogP contribution >= 0.6 is 0 Å². The molecule has 0 saturated heterocycles. The van der Waals surface area contributed by atoms with Crippen molar-refractivity contribution in [1.82, 2.24) is 0 Å². The van der Waals surface area contributed by atoms with Gasteiger partial charge in [0.15, 0.2) is 0 Å². The zero-order valence-electron chi connectivity index (χ0n) is 16.3. The van der Waals surface area contributed by atoms with E-state index in [9.17, 15) is 18.0 Å². The van der Waals surface area contributed by atoms with Crippen LogP contribution in [-0.2, 0) is 24.3 Å². The minimum Gasteiger partial charge on any atom is -0.468 e. The van der Waals surface area contributed by atoms with Gasteiger partial charge in [-0.25, -0.2) is 8.42 Å². The molecule has 0 atom stereocenters. The summed E-state index contributed by atoms with van der Waals surface area (Å²) in [5.74, 6) is -0.638. The molecule has 0 aliphatic carbocycles. The van der Waals surface area contributed by atoms with E-state index in [4.69, 9.17) is 0 Å². The van der Waals surface area contributed by atoms with E-state index in [2.05, 4.69) is 10.1 Å². The van der Waals surface area contributed by atoms with Crippen molar-refractivity contribution in [2.24, 2.45) is 0 Å². The van der Waals surface area contributed by atoms with Crippen molar-refractivity contribution in [3.05, 3.63) is 54.1 Å². The third kappa shape index (κ3) is 5.10. The number of carbonyl (C=O) groups is 2. The maximum absolute atomic E-state index is 13.2. The van der Waals surface area contributed by atoms with Crippen molar-refractivity contribution in [3.8, 4) is 0 Å². The van der Waals surface area contributed by atoms with E-state index in [-0.39, 0.29) is 10.8 Å². The Morgan fingerprint density at radius 2 is 1.61 bits per heavy atom. The van der Waals surface area contributed by atoms with Gasteiger partial charge in [-0.05, 0) is 47.9 Å². The molecule has 0 aromatic heterocycles. The highest BCUT2D eigenvalue weighted by molar-refractivity contribution is 7.92. The van der Waals surface area contributed by atoms with Crippen LogP contribution in [0.15, 0.2) is 53.4 Å². The predicted octanol–water partition coefficient (Wildman–Crippen LogP) is 3.14. The lowest BCUT2D eigenvalue weighted by atomic mass is 10.0. The summed E-state index contributed by atoms with van der Waals surface area (Å²) in [6.07, 6.45) is 0. The van der Waals surface area contributed by atoms with Crippen LogP contribution in [0.2, 0.25) is 0 Å². The molecule has 0 bridgehead atoms. The maximum atomic E-state index is 13.2. The van der Waals surface area contributed by atoms with Gasteiger partial charge in [0.25, 0.3) is 10.0 Å². The van der Waals surface area contributed by atoms with Gasteiger partial charge in [-0.15, -0.1) is 0 Å². The minimum atomic E-state index is -4.02. The molecule has 2 rings (SSSR count). The van der Waals surface area contributed by atoms with Crippen LogP contribution in [0.4, 0.5) is 11.4 Å². The molecule has 0 unspecified atom stereocenters. The second kappa shape index (κ2) is 8.88. The zero-order chi connectivity index (χ0) is 20.9. The van der Waals surface area contributed by atoms with E-state index >= 15 is 0 Å². The second-order valence-corrected chi connectivity index (χ2v) is 8.40. The molecule has 2 aromatic carbocycles. The van der Waals surface area contributed by atoms with Crippen molar-refractivity contribution in [2.45, 2.75) is 31.6 Å². The van der Waals surface area contributed by atoms with Gasteiger partial charge in [-0.1, -0.05) is 26.0 Å². The number of carbonyl (C=O) groups excluding carboxylic acids is 2. The summed E-state index contributed by atoms with van der Waals surface area (Å²) in [6.45, 7) is 4.99. The molecule has 2 aromatic rings. The molecule has 0 fully saturated rings. The first kappa shape index (κ1) is 21.4. The van der Waals surface area contributed by atoms with Crippen molar-refractivity contribution in [3.63, 3.8) is 0 Å². The fourth-order valence-corrected chi connectivity index (χ4v) is 3.97. The monoisotopic (exact) mass is 404 g/mol. The lowest BCUT2D eigenvalue weighted by molar-refractivity contribution is -0.138. The third-order valence-corrected chi connectivity index (χ3v) is 5.90. The van der Waals surface area contributed by atoms with E-state index < -0.39 is 22.5 Å². The molecule has 0 radical (unpaired) electrons. The van der Waals surface area contributed by atoms with Crippen LogP contribution in [0.25, 0.3) is 0 Å². The fraction of sp³-hybridized carbons (Fsp3) is 0.300. The Hall–Kier alpha value is -2.87. The van der Waals surface area contributed by atoms with Gasteiger partial charge in [0.1, 0.15) is 6.54 Å². The van der Waals surface area contributed by atoms with E-state index in [1.54, 1.807) is 12.1 Å². The molecule has 8 heteroatoms. The molecule has 7 nitrogen and oxygen atoms in total. The number of methoxy groups -OCH3 is 1. The first-order valence-electron chi connectivity index (χ1n) is 8.72. The van der Waals surface area contributed by atoms with Gasteiger partial charge in [0, 0.05) is 12.6 Å². The Morgan fingerprint density at radius 3 is 2.07 bits per heavy atom. The first-order valence-corrected chi connectivity index (χ1v) is 10.2. The second-order valence-electron chi connectivity index (χ2n) is 6.54. The minimum absolute atomic E-state index is 0.00144. The SMILES string of the molecule is COC(=O)CN(c1ccc(C(C)C)cc1)S(=O)(=O)c1ccc(NC(C)=O)cc1. The van der Waals surface area contributed by atoms with Gasteiger partial charge in [-0.3, -0.25) is 13.9 Å². The molecule has 0 aliphatic rings.